The van der Waals surface area contributed by atoms with Gasteiger partial charge in [-0.25, -0.2) is 0 Å². The highest BCUT2D eigenvalue weighted by Crippen LogP contribution is 2.35. The first-order valence-electron chi connectivity index (χ1n) is 8.18. The van der Waals surface area contributed by atoms with Gasteiger partial charge in [-0.2, -0.15) is 0 Å². The number of aryl methyl sites for hydroxylation is 1. The van der Waals surface area contributed by atoms with Crippen LogP contribution in [-0.4, -0.2) is 10.5 Å². The van der Waals surface area contributed by atoms with Gasteiger partial charge in [0, 0.05) is 18.9 Å². The van der Waals surface area contributed by atoms with Crippen LogP contribution in [0.2, 0.25) is 0 Å². The Balaban J connectivity index is 1.75. The molecule has 1 aliphatic rings. The number of carbonyl (C=O) groups is 1. The van der Waals surface area contributed by atoms with E-state index in [1.807, 2.05) is 30.6 Å². The molecule has 0 atom stereocenters. The summed E-state index contributed by atoms with van der Waals surface area (Å²) < 4.78 is 2.11. The molecule has 116 valence electrons. The van der Waals surface area contributed by atoms with Crippen LogP contribution < -0.4 is 5.32 Å². The predicted octanol–water partition coefficient (Wildman–Crippen LogP) is 3.77. The molecule has 0 radical (unpaired) electrons. The lowest BCUT2D eigenvalue weighted by atomic mass is 9.80. The summed E-state index contributed by atoms with van der Waals surface area (Å²) in [6.45, 7) is 2.68. The Labute approximate surface area is 132 Å². The van der Waals surface area contributed by atoms with Crippen LogP contribution >= 0.6 is 0 Å². The second-order valence-corrected chi connectivity index (χ2v) is 6.35. The quantitative estimate of drug-likeness (QED) is 0.915. The van der Waals surface area contributed by atoms with Crippen molar-refractivity contribution in [2.45, 2.75) is 51.1 Å². The fraction of sp³-hybridized carbons (Fsp3) is 0.421. The molecule has 3 nitrogen and oxygen atoms in total. The van der Waals surface area contributed by atoms with E-state index in [1.165, 1.54) is 12.0 Å². The first-order chi connectivity index (χ1) is 10.7. The third-order valence-electron chi connectivity index (χ3n) is 4.74. The van der Waals surface area contributed by atoms with Crippen molar-refractivity contribution in [3.63, 3.8) is 0 Å². The van der Waals surface area contributed by atoms with Gasteiger partial charge in [-0.05, 0) is 37.5 Å². The molecular weight excluding hydrogens is 272 g/mol. The first-order valence-corrected chi connectivity index (χ1v) is 8.18. The average Bonchev–Trinajstić information content (AvgIpc) is 3.08. The van der Waals surface area contributed by atoms with Gasteiger partial charge in [0.05, 0.1) is 0 Å². The summed E-state index contributed by atoms with van der Waals surface area (Å²) in [6.07, 6.45) is 9.39. The highest BCUT2D eigenvalue weighted by molar-refractivity contribution is 5.84. The highest BCUT2D eigenvalue weighted by atomic mass is 16.2. The average molecular weight is 296 g/mol. The Bertz CT molecular complexity index is 625. The number of nitrogens with zero attached hydrogens (tertiary/aromatic N) is 1. The van der Waals surface area contributed by atoms with Gasteiger partial charge >= 0.3 is 0 Å². The Morgan fingerprint density at radius 2 is 1.86 bits per heavy atom. The summed E-state index contributed by atoms with van der Waals surface area (Å²) >= 11 is 0. The molecule has 0 bridgehead atoms. The topological polar surface area (TPSA) is 34.0 Å². The number of amides is 1. The zero-order valence-electron chi connectivity index (χ0n) is 13.2. The fourth-order valence-electron chi connectivity index (χ4n) is 3.53. The van der Waals surface area contributed by atoms with E-state index < -0.39 is 5.54 Å². The minimum absolute atomic E-state index is 0.157. The summed E-state index contributed by atoms with van der Waals surface area (Å²) in [5, 5.41) is 3.17. The number of hydrogen-bond acceptors (Lipinski definition) is 1. The van der Waals surface area contributed by atoms with Gasteiger partial charge in [0.25, 0.3) is 0 Å². The number of hydrogen-bond donors (Lipinski definition) is 1. The van der Waals surface area contributed by atoms with Gasteiger partial charge in [-0.3, -0.25) is 4.79 Å². The monoisotopic (exact) mass is 296 g/mol. The van der Waals surface area contributed by atoms with Crippen molar-refractivity contribution in [2.24, 2.45) is 0 Å². The Morgan fingerprint density at radius 1 is 1.14 bits per heavy atom. The lowest BCUT2D eigenvalue weighted by Crippen LogP contribution is -2.49. The van der Waals surface area contributed by atoms with E-state index in [1.54, 1.807) is 0 Å². The fourth-order valence-corrected chi connectivity index (χ4v) is 3.53. The number of benzene rings is 1. The van der Waals surface area contributed by atoms with Crippen molar-refractivity contribution in [2.75, 3.05) is 0 Å². The van der Waals surface area contributed by atoms with Crippen LogP contribution in [-0.2, 0) is 16.9 Å². The molecule has 0 spiro atoms. The summed E-state index contributed by atoms with van der Waals surface area (Å²) in [6, 6.07) is 12.3. The molecule has 0 saturated heterocycles. The van der Waals surface area contributed by atoms with Crippen molar-refractivity contribution < 1.29 is 4.79 Å². The van der Waals surface area contributed by atoms with Crippen molar-refractivity contribution in [3.8, 4) is 0 Å². The largest absolute Gasteiger partial charge is 0.350 e. The van der Waals surface area contributed by atoms with E-state index in [0.717, 1.165) is 31.2 Å². The molecule has 1 saturated carbocycles. The molecule has 1 aromatic carbocycles. The van der Waals surface area contributed by atoms with Gasteiger partial charge in [0.1, 0.15) is 5.54 Å². The van der Waals surface area contributed by atoms with Crippen LogP contribution in [0, 0.1) is 6.92 Å². The SMILES string of the molecule is Cc1cccc(CNC(=O)C2(n3cccc3)CCCCC2)c1. The second-order valence-electron chi connectivity index (χ2n) is 6.35. The van der Waals surface area contributed by atoms with E-state index in [4.69, 9.17) is 0 Å². The minimum Gasteiger partial charge on any atom is -0.350 e. The van der Waals surface area contributed by atoms with Gasteiger partial charge in [0.15, 0.2) is 0 Å². The zero-order chi connectivity index (χ0) is 15.4. The Kier molecular flexibility index (Phi) is 4.32. The molecule has 0 aliphatic heterocycles. The molecular formula is C19H24N2O. The summed E-state index contributed by atoms with van der Waals surface area (Å²) in [7, 11) is 0. The van der Waals surface area contributed by atoms with Crippen LogP contribution in [0.15, 0.2) is 48.8 Å². The third-order valence-corrected chi connectivity index (χ3v) is 4.74. The van der Waals surface area contributed by atoms with Gasteiger partial charge in [-0.15, -0.1) is 0 Å². The lowest BCUT2D eigenvalue weighted by Gasteiger charge is -2.37. The maximum absolute atomic E-state index is 12.9. The lowest BCUT2D eigenvalue weighted by molar-refractivity contribution is -0.131. The number of rotatable bonds is 4. The molecule has 1 heterocycles. The van der Waals surface area contributed by atoms with Crippen LogP contribution in [0.5, 0.6) is 0 Å². The van der Waals surface area contributed by atoms with E-state index in [9.17, 15) is 4.79 Å². The second kappa shape index (κ2) is 6.39. The van der Waals surface area contributed by atoms with Crippen molar-refractivity contribution >= 4 is 5.91 Å². The van der Waals surface area contributed by atoms with E-state index in [-0.39, 0.29) is 5.91 Å². The molecule has 1 aromatic heterocycles. The highest BCUT2D eigenvalue weighted by Gasteiger charge is 2.40. The van der Waals surface area contributed by atoms with Crippen molar-refractivity contribution in [3.05, 3.63) is 59.9 Å². The molecule has 1 amide bonds. The van der Waals surface area contributed by atoms with E-state index >= 15 is 0 Å². The Morgan fingerprint density at radius 3 is 2.55 bits per heavy atom. The van der Waals surface area contributed by atoms with Gasteiger partial charge in [-0.1, -0.05) is 49.1 Å². The summed E-state index contributed by atoms with van der Waals surface area (Å²) in [5.41, 5.74) is 1.99. The molecule has 22 heavy (non-hydrogen) atoms. The summed E-state index contributed by atoms with van der Waals surface area (Å²) in [4.78, 5) is 12.9. The van der Waals surface area contributed by atoms with Gasteiger partial charge in [0.2, 0.25) is 5.91 Å². The number of carbonyl (C=O) groups excluding carboxylic acids is 1. The van der Waals surface area contributed by atoms with Gasteiger partial charge < -0.3 is 9.88 Å². The third kappa shape index (κ3) is 2.94. The number of aromatic nitrogens is 1. The van der Waals surface area contributed by atoms with Crippen LogP contribution in [0.3, 0.4) is 0 Å². The maximum Gasteiger partial charge on any atom is 0.246 e. The predicted molar refractivity (Wildman–Crippen MR) is 88.5 cm³/mol. The van der Waals surface area contributed by atoms with E-state index in [2.05, 4.69) is 35.0 Å². The first kappa shape index (κ1) is 14.9. The molecule has 3 rings (SSSR count). The normalized spacial score (nSPS) is 17.1. The number of nitrogens with one attached hydrogen (secondary N) is 1. The van der Waals surface area contributed by atoms with Crippen molar-refractivity contribution in [1.82, 2.24) is 9.88 Å². The zero-order valence-corrected chi connectivity index (χ0v) is 13.2. The maximum atomic E-state index is 12.9. The molecule has 1 fully saturated rings. The van der Waals surface area contributed by atoms with Crippen LogP contribution in [0.4, 0.5) is 0 Å². The van der Waals surface area contributed by atoms with Crippen LogP contribution in [0.25, 0.3) is 0 Å². The molecule has 2 aromatic rings. The molecule has 1 aliphatic carbocycles. The molecule has 1 N–H and O–H groups in total. The minimum atomic E-state index is -0.397. The smallest absolute Gasteiger partial charge is 0.246 e. The van der Waals surface area contributed by atoms with Crippen LogP contribution in [0.1, 0.15) is 43.2 Å². The molecule has 0 unspecified atom stereocenters. The van der Waals surface area contributed by atoms with Crippen molar-refractivity contribution in [1.29, 1.82) is 0 Å². The standard InChI is InChI=1S/C19H24N2O/c1-16-8-7-9-17(14-16)15-20-18(22)19(10-3-2-4-11-19)21-12-5-6-13-21/h5-9,12-14H,2-4,10-11,15H2,1H3,(H,20,22). The summed E-state index contributed by atoms with van der Waals surface area (Å²) in [5.74, 6) is 0.157. The Hall–Kier alpha value is -2.03. The van der Waals surface area contributed by atoms with E-state index in [0.29, 0.717) is 6.54 Å². The molecule has 3 heteroatoms.